The van der Waals surface area contributed by atoms with Crippen LogP contribution in [0.5, 0.6) is 0 Å². The molecule has 0 saturated carbocycles. The quantitative estimate of drug-likeness (QED) is 0.182. The van der Waals surface area contributed by atoms with Crippen LogP contribution in [0.15, 0.2) is 103 Å². The molecule has 0 unspecified atom stereocenters. The van der Waals surface area contributed by atoms with Gasteiger partial charge in [0, 0.05) is 17.9 Å². The van der Waals surface area contributed by atoms with E-state index in [1.54, 1.807) is 0 Å². The maximum absolute atomic E-state index is 3.72. The van der Waals surface area contributed by atoms with E-state index in [-0.39, 0.29) is 0 Å². The Labute approximate surface area is 203 Å². The van der Waals surface area contributed by atoms with E-state index in [0.29, 0.717) is 0 Å². The van der Waals surface area contributed by atoms with Crippen molar-refractivity contribution < 1.29 is 0 Å². The standard InChI is InChI=1S/C25H14Br4/c26-17-9-15(10-18(27)13-17)25(16-11-19(28)14-20(29)12-16)23-7-3-1-5-21(23)22-6-2-4-8-24(22)25/h1-14H. The molecule has 4 aromatic rings. The van der Waals surface area contributed by atoms with Crippen molar-refractivity contribution in [1.82, 2.24) is 0 Å². The van der Waals surface area contributed by atoms with Crippen molar-refractivity contribution in [2.45, 2.75) is 5.41 Å². The molecule has 0 spiro atoms. The Morgan fingerprint density at radius 1 is 0.448 bits per heavy atom. The second-order valence-electron chi connectivity index (χ2n) is 7.16. The number of hydrogen-bond acceptors (Lipinski definition) is 0. The largest absolute Gasteiger partial charge is 0.0715 e. The van der Waals surface area contributed by atoms with Crippen LogP contribution in [-0.4, -0.2) is 0 Å². The molecule has 0 heterocycles. The first-order valence-corrected chi connectivity index (χ1v) is 12.3. The van der Waals surface area contributed by atoms with Gasteiger partial charge in [-0.2, -0.15) is 0 Å². The van der Waals surface area contributed by atoms with Gasteiger partial charge in [0.2, 0.25) is 0 Å². The van der Waals surface area contributed by atoms with Gasteiger partial charge in [0.1, 0.15) is 0 Å². The summed E-state index contributed by atoms with van der Waals surface area (Å²) in [7, 11) is 0. The molecule has 0 N–H and O–H groups in total. The maximum Gasteiger partial charge on any atom is 0.0715 e. The SMILES string of the molecule is Brc1cc(Br)cc(C2(c3cc(Br)cc(Br)c3)c3ccccc3-c3ccccc32)c1. The van der Waals surface area contributed by atoms with Gasteiger partial charge in [-0.3, -0.25) is 0 Å². The monoisotopic (exact) mass is 630 g/mol. The molecule has 1 aliphatic carbocycles. The molecule has 0 saturated heterocycles. The second-order valence-corrected chi connectivity index (χ2v) is 10.8. The van der Waals surface area contributed by atoms with Gasteiger partial charge in [0.15, 0.2) is 0 Å². The van der Waals surface area contributed by atoms with Gasteiger partial charge in [-0.05, 0) is 69.8 Å². The molecular formula is C25H14Br4. The lowest BCUT2D eigenvalue weighted by Gasteiger charge is -2.34. The molecule has 0 radical (unpaired) electrons. The fourth-order valence-electron chi connectivity index (χ4n) is 4.56. The Kier molecular flexibility index (Phi) is 5.10. The van der Waals surface area contributed by atoms with Crippen molar-refractivity contribution >= 4 is 63.7 Å². The van der Waals surface area contributed by atoms with Crippen LogP contribution in [0.2, 0.25) is 0 Å². The molecule has 29 heavy (non-hydrogen) atoms. The molecule has 4 heteroatoms. The number of halogens is 4. The summed E-state index contributed by atoms with van der Waals surface area (Å²) in [6.45, 7) is 0. The number of fused-ring (bicyclic) bond motifs is 3. The Morgan fingerprint density at radius 2 is 0.793 bits per heavy atom. The zero-order valence-electron chi connectivity index (χ0n) is 15.1. The predicted molar refractivity (Wildman–Crippen MR) is 135 cm³/mol. The number of benzene rings is 4. The Morgan fingerprint density at radius 3 is 1.17 bits per heavy atom. The highest BCUT2D eigenvalue weighted by Crippen LogP contribution is 2.57. The van der Waals surface area contributed by atoms with Gasteiger partial charge in [-0.15, -0.1) is 0 Å². The normalized spacial score (nSPS) is 13.8. The van der Waals surface area contributed by atoms with E-state index in [0.717, 1.165) is 17.9 Å². The molecule has 1 aliphatic rings. The first-order valence-electron chi connectivity index (χ1n) is 9.12. The van der Waals surface area contributed by atoms with Crippen LogP contribution >= 0.6 is 63.7 Å². The summed E-state index contributed by atoms with van der Waals surface area (Å²) in [6.07, 6.45) is 0. The molecule has 4 aromatic carbocycles. The van der Waals surface area contributed by atoms with Crippen LogP contribution in [0.4, 0.5) is 0 Å². The highest BCUT2D eigenvalue weighted by Gasteiger charge is 2.46. The lowest BCUT2D eigenvalue weighted by atomic mass is 9.68. The van der Waals surface area contributed by atoms with Crippen molar-refractivity contribution in [1.29, 1.82) is 0 Å². The zero-order chi connectivity index (χ0) is 20.2. The first kappa shape index (κ1) is 19.7. The Balaban J connectivity index is 2.00. The van der Waals surface area contributed by atoms with E-state index in [2.05, 4.69) is 149 Å². The van der Waals surface area contributed by atoms with Crippen molar-refractivity contribution in [3.63, 3.8) is 0 Å². The van der Waals surface area contributed by atoms with E-state index < -0.39 is 5.41 Å². The average Bonchev–Trinajstić information content (AvgIpc) is 2.98. The van der Waals surface area contributed by atoms with Crippen molar-refractivity contribution in [3.05, 3.63) is 125 Å². The molecule has 0 atom stereocenters. The van der Waals surface area contributed by atoms with Crippen LogP contribution in [0.25, 0.3) is 11.1 Å². The predicted octanol–water partition coefficient (Wildman–Crippen LogP) is 9.10. The summed E-state index contributed by atoms with van der Waals surface area (Å²) >= 11 is 14.9. The van der Waals surface area contributed by atoms with Crippen molar-refractivity contribution in [3.8, 4) is 11.1 Å². The van der Waals surface area contributed by atoms with E-state index in [4.69, 9.17) is 0 Å². The highest BCUT2D eigenvalue weighted by atomic mass is 79.9. The summed E-state index contributed by atoms with van der Waals surface area (Å²) in [6, 6.07) is 30.6. The molecule has 0 nitrogen and oxygen atoms in total. The van der Waals surface area contributed by atoms with Crippen LogP contribution in [-0.2, 0) is 5.41 Å². The number of rotatable bonds is 2. The van der Waals surface area contributed by atoms with Crippen LogP contribution in [0, 0.1) is 0 Å². The van der Waals surface area contributed by atoms with Crippen LogP contribution < -0.4 is 0 Å². The third kappa shape index (κ3) is 3.11. The van der Waals surface area contributed by atoms with Gasteiger partial charge < -0.3 is 0 Å². The van der Waals surface area contributed by atoms with Crippen LogP contribution in [0.1, 0.15) is 22.3 Å². The van der Waals surface area contributed by atoms with Gasteiger partial charge in [-0.25, -0.2) is 0 Å². The average molecular weight is 634 g/mol. The number of hydrogen-bond donors (Lipinski definition) is 0. The van der Waals surface area contributed by atoms with Gasteiger partial charge in [-0.1, -0.05) is 112 Å². The molecule has 0 aromatic heterocycles. The van der Waals surface area contributed by atoms with Gasteiger partial charge in [0.25, 0.3) is 0 Å². The smallest absolute Gasteiger partial charge is 0.0619 e. The summed E-state index contributed by atoms with van der Waals surface area (Å²) in [5.41, 5.74) is 7.21. The topological polar surface area (TPSA) is 0 Å². The fraction of sp³-hybridized carbons (Fsp3) is 0.0400. The summed E-state index contributed by atoms with van der Waals surface area (Å²) in [5, 5.41) is 0. The second kappa shape index (κ2) is 7.49. The molecule has 0 amide bonds. The minimum absolute atomic E-state index is 0.411. The molecule has 0 bridgehead atoms. The molecular weight excluding hydrogens is 620 g/mol. The van der Waals surface area contributed by atoms with E-state index >= 15 is 0 Å². The maximum atomic E-state index is 3.72. The van der Waals surface area contributed by atoms with Gasteiger partial charge in [0.05, 0.1) is 5.41 Å². The fourth-order valence-corrected chi connectivity index (χ4v) is 7.15. The minimum atomic E-state index is -0.411. The third-order valence-electron chi connectivity index (χ3n) is 5.54. The third-order valence-corrected chi connectivity index (χ3v) is 7.37. The molecule has 5 rings (SSSR count). The van der Waals surface area contributed by atoms with Gasteiger partial charge >= 0.3 is 0 Å². The summed E-state index contributed by atoms with van der Waals surface area (Å²) in [4.78, 5) is 0. The van der Waals surface area contributed by atoms with E-state index in [1.165, 1.54) is 33.4 Å². The van der Waals surface area contributed by atoms with E-state index in [1.807, 2.05) is 0 Å². The van der Waals surface area contributed by atoms with E-state index in [9.17, 15) is 0 Å². The lowest BCUT2D eigenvalue weighted by Crippen LogP contribution is -2.28. The lowest BCUT2D eigenvalue weighted by molar-refractivity contribution is 0.765. The Hall–Kier alpha value is -1.20. The molecule has 142 valence electrons. The Bertz CT molecular complexity index is 1120. The zero-order valence-corrected chi connectivity index (χ0v) is 21.4. The van der Waals surface area contributed by atoms with Crippen LogP contribution in [0.3, 0.4) is 0 Å². The van der Waals surface area contributed by atoms with Crippen molar-refractivity contribution in [2.24, 2.45) is 0 Å². The molecule has 0 fully saturated rings. The first-order chi connectivity index (χ1) is 14.0. The summed E-state index contributed by atoms with van der Waals surface area (Å²) in [5.74, 6) is 0. The highest BCUT2D eigenvalue weighted by molar-refractivity contribution is 9.11. The molecule has 0 aliphatic heterocycles. The summed E-state index contributed by atoms with van der Waals surface area (Å²) < 4.78 is 4.21. The minimum Gasteiger partial charge on any atom is -0.0619 e. The van der Waals surface area contributed by atoms with Crippen molar-refractivity contribution in [2.75, 3.05) is 0 Å².